The molecule has 4 bridgehead atoms. The molecule has 0 aromatic rings. The van der Waals surface area contributed by atoms with E-state index < -0.39 is 0 Å². The Hall–Kier alpha value is -1.06. The third kappa shape index (κ3) is 4.12. The first-order valence-electron chi connectivity index (χ1n) is 10.1. The molecule has 4 aliphatic carbocycles. The fourth-order valence-corrected chi connectivity index (χ4v) is 5.65. The average molecular weight is 335 g/mol. The quantitative estimate of drug-likeness (QED) is 0.514. The van der Waals surface area contributed by atoms with Crippen LogP contribution >= 0.6 is 0 Å². The predicted octanol–water partition coefficient (Wildman–Crippen LogP) is 3.83. The van der Waals surface area contributed by atoms with E-state index in [1.165, 1.54) is 32.1 Å². The van der Waals surface area contributed by atoms with Crippen molar-refractivity contribution >= 4 is 11.9 Å². The monoisotopic (exact) mass is 335 g/mol. The maximum Gasteiger partial charge on any atom is 0.312 e. The number of carbonyl (C=O) groups is 2. The van der Waals surface area contributed by atoms with Crippen molar-refractivity contribution in [3.63, 3.8) is 0 Å². The Morgan fingerprint density at radius 2 is 1.62 bits per heavy atom. The van der Waals surface area contributed by atoms with Crippen molar-refractivity contribution in [1.29, 1.82) is 0 Å². The largest absolute Gasteiger partial charge is 0.463 e. The summed E-state index contributed by atoms with van der Waals surface area (Å²) in [6.07, 6.45) is 12.2. The van der Waals surface area contributed by atoms with Gasteiger partial charge in [0.15, 0.2) is 0 Å². The molecular formula is C20H33NO3. The van der Waals surface area contributed by atoms with E-state index in [9.17, 15) is 9.59 Å². The van der Waals surface area contributed by atoms with Gasteiger partial charge >= 0.3 is 5.97 Å². The molecule has 4 heteroatoms. The lowest BCUT2D eigenvalue weighted by molar-refractivity contribution is -0.171. The van der Waals surface area contributed by atoms with Gasteiger partial charge in [-0.2, -0.15) is 0 Å². The Morgan fingerprint density at radius 1 is 1.00 bits per heavy atom. The van der Waals surface area contributed by atoms with Gasteiger partial charge in [-0.1, -0.05) is 26.2 Å². The number of amides is 1. The molecule has 1 amide bonds. The molecule has 0 saturated heterocycles. The van der Waals surface area contributed by atoms with Gasteiger partial charge in [-0.05, 0) is 62.7 Å². The normalized spacial score (nSPS) is 33.5. The van der Waals surface area contributed by atoms with Crippen LogP contribution in [0, 0.1) is 23.2 Å². The van der Waals surface area contributed by atoms with Gasteiger partial charge in [-0.3, -0.25) is 9.59 Å². The topological polar surface area (TPSA) is 55.4 Å². The molecule has 0 aromatic heterocycles. The molecule has 4 aliphatic rings. The molecule has 0 heterocycles. The van der Waals surface area contributed by atoms with E-state index in [-0.39, 0.29) is 17.3 Å². The fourth-order valence-electron chi connectivity index (χ4n) is 5.65. The first-order valence-corrected chi connectivity index (χ1v) is 10.1. The first kappa shape index (κ1) is 17.8. The Bertz CT molecular complexity index is 425. The SMILES string of the molecule is CCCCCCC(=O)NCCOC(=O)C12CC3CC(CC(C3)C1)C2. The van der Waals surface area contributed by atoms with Crippen molar-refractivity contribution in [2.24, 2.45) is 23.2 Å². The Morgan fingerprint density at radius 3 is 2.21 bits per heavy atom. The van der Waals surface area contributed by atoms with Crippen LogP contribution in [0.15, 0.2) is 0 Å². The summed E-state index contributed by atoms with van der Waals surface area (Å²) in [6.45, 7) is 2.93. The molecule has 4 saturated carbocycles. The van der Waals surface area contributed by atoms with Gasteiger partial charge in [0.25, 0.3) is 0 Å². The van der Waals surface area contributed by atoms with Crippen LogP contribution in [0.3, 0.4) is 0 Å². The van der Waals surface area contributed by atoms with Crippen molar-refractivity contribution in [1.82, 2.24) is 5.32 Å². The van der Waals surface area contributed by atoms with Crippen LogP contribution < -0.4 is 5.32 Å². The first-order chi connectivity index (χ1) is 11.6. The summed E-state index contributed by atoms with van der Waals surface area (Å²) < 4.78 is 5.57. The van der Waals surface area contributed by atoms with E-state index in [2.05, 4.69) is 12.2 Å². The van der Waals surface area contributed by atoms with Gasteiger partial charge in [0.05, 0.1) is 12.0 Å². The molecule has 24 heavy (non-hydrogen) atoms. The summed E-state index contributed by atoms with van der Waals surface area (Å²) in [4.78, 5) is 24.4. The summed E-state index contributed by atoms with van der Waals surface area (Å²) in [6, 6.07) is 0. The van der Waals surface area contributed by atoms with Crippen LogP contribution in [-0.4, -0.2) is 25.0 Å². The smallest absolute Gasteiger partial charge is 0.312 e. The van der Waals surface area contributed by atoms with E-state index in [1.54, 1.807) is 0 Å². The van der Waals surface area contributed by atoms with Crippen LogP contribution in [0.25, 0.3) is 0 Å². The average Bonchev–Trinajstić information content (AvgIpc) is 2.54. The van der Waals surface area contributed by atoms with Gasteiger partial charge in [-0.15, -0.1) is 0 Å². The second-order valence-corrected chi connectivity index (χ2v) is 8.49. The molecule has 0 unspecified atom stereocenters. The molecule has 0 radical (unpaired) electrons. The van der Waals surface area contributed by atoms with Crippen LogP contribution in [0.1, 0.15) is 77.6 Å². The molecule has 136 valence electrons. The molecule has 0 aliphatic heterocycles. The molecule has 0 spiro atoms. The minimum atomic E-state index is -0.182. The number of esters is 1. The maximum atomic E-state index is 12.7. The van der Waals surface area contributed by atoms with E-state index in [0.29, 0.717) is 19.6 Å². The van der Waals surface area contributed by atoms with E-state index in [0.717, 1.165) is 49.9 Å². The molecule has 0 atom stereocenters. The lowest BCUT2D eigenvalue weighted by Gasteiger charge is -2.55. The second kappa shape index (κ2) is 7.88. The number of rotatable bonds is 9. The minimum absolute atomic E-state index is 0.0128. The number of hydrogen-bond acceptors (Lipinski definition) is 3. The minimum Gasteiger partial charge on any atom is -0.463 e. The number of ether oxygens (including phenoxy) is 1. The third-order valence-electron chi connectivity index (χ3n) is 6.39. The number of hydrogen-bond donors (Lipinski definition) is 1. The molecule has 1 N–H and O–H groups in total. The maximum absolute atomic E-state index is 12.7. The van der Waals surface area contributed by atoms with Crippen molar-refractivity contribution in [2.75, 3.05) is 13.2 Å². The highest BCUT2D eigenvalue weighted by atomic mass is 16.5. The van der Waals surface area contributed by atoms with Crippen LogP contribution in [0.2, 0.25) is 0 Å². The molecule has 4 rings (SSSR count). The fraction of sp³-hybridized carbons (Fsp3) is 0.900. The van der Waals surface area contributed by atoms with Crippen molar-refractivity contribution in [3.05, 3.63) is 0 Å². The van der Waals surface area contributed by atoms with Crippen LogP contribution in [-0.2, 0) is 14.3 Å². The lowest BCUT2D eigenvalue weighted by atomic mass is 9.49. The molecule has 4 fully saturated rings. The van der Waals surface area contributed by atoms with E-state index >= 15 is 0 Å². The van der Waals surface area contributed by atoms with Gasteiger partial charge < -0.3 is 10.1 Å². The summed E-state index contributed by atoms with van der Waals surface area (Å²) in [7, 11) is 0. The highest BCUT2D eigenvalue weighted by Crippen LogP contribution is 2.60. The third-order valence-corrected chi connectivity index (χ3v) is 6.39. The summed E-state index contributed by atoms with van der Waals surface area (Å²) in [5, 5.41) is 2.87. The second-order valence-electron chi connectivity index (χ2n) is 8.49. The van der Waals surface area contributed by atoms with Crippen molar-refractivity contribution in [3.8, 4) is 0 Å². The highest BCUT2D eigenvalue weighted by molar-refractivity contribution is 5.78. The number of unbranched alkanes of at least 4 members (excludes halogenated alkanes) is 3. The Labute approximate surface area is 146 Å². The Kier molecular flexibility index (Phi) is 5.83. The van der Waals surface area contributed by atoms with Crippen molar-refractivity contribution < 1.29 is 14.3 Å². The zero-order valence-corrected chi connectivity index (χ0v) is 15.1. The summed E-state index contributed by atoms with van der Waals surface area (Å²) in [5.74, 6) is 2.36. The van der Waals surface area contributed by atoms with Crippen molar-refractivity contribution in [2.45, 2.75) is 77.6 Å². The van der Waals surface area contributed by atoms with Gasteiger partial charge in [0.1, 0.15) is 6.61 Å². The number of carbonyl (C=O) groups excluding carboxylic acids is 2. The van der Waals surface area contributed by atoms with Gasteiger partial charge in [0, 0.05) is 6.42 Å². The zero-order valence-electron chi connectivity index (χ0n) is 15.1. The van der Waals surface area contributed by atoms with Gasteiger partial charge in [-0.25, -0.2) is 0 Å². The van der Waals surface area contributed by atoms with Gasteiger partial charge in [0.2, 0.25) is 5.91 Å². The standard InChI is InChI=1S/C20H33NO3/c1-2-3-4-5-6-18(22)21-7-8-24-19(23)20-12-15-9-16(13-20)11-17(10-15)14-20/h15-17H,2-14H2,1H3,(H,21,22). The predicted molar refractivity (Wildman–Crippen MR) is 93.3 cm³/mol. The summed E-state index contributed by atoms with van der Waals surface area (Å²) >= 11 is 0. The zero-order chi connectivity index (χ0) is 17.0. The molecule has 0 aromatic carbocycles. The molecule has 4 nitrogen and oxygen atoms in total. The lowest BCUT2D eigenvalue weighted by Crippen LogP contribution is -2.50. The van der Waals surface area contributed by atoms with Crippen LogP contribution in [0.4, 0.5) is 0 Å². The summed E-state index contributed by atoms with van der Waals surface area (Å²) in [5.41, 5.74) is -0.182. The Balaban J connectivity index is 1.34. The number of nitrogens with one attached hydrogen (secondary N) is 1. The van der Waals surface area contributed by atoms with E-state index in [1.807, 2.05) is 0 Å². The van der Waals surface area contributed by atoms with Crippen LogP contribution in [0.5, 0.6) is 0 Å². The highest BCUT2D eigenvalue weighted by Gasteiger charge is 2.55. The molecular weight excluding hydrogens is 302 g/mol. The van der Waals surface area contributed by atoms with E-state index in [4.69, 9.17) is 4.74 Å².